The van der Waals surface area contributed by atoms with Crippen molar-refractivity contribution in [2.75, 3.05) is 13.7 Å². The number of benzene rings is 1. The van der Waals surface area contributed by atoms with Crippen LogP contribution >= 0.6 is 0 Å². The summed E-state index contributed by atoms with van der Waals surface area (Å²) in [6.45, 7) is 12.8. The molecule has 0 heterocycles. The second kappa shape index (κ2) is 6.91. The molecule has 1 aromatic rings. The maximum absolute atomic E-state index is 10.5. The van der Waals surface area contributed by atoms with E-state index < -0.39 is 6.10 Å². The Hall–Kier alpha value is -1.32. The van der Waals surface area contributed by atoms with E-state index in [1.807, 2.05) is 19.1 Å². The molecule has 0 aliphatic rings. The Balaban J connectivity index is 3.10. The third-order valence-electron chi connectivity index (χ3n) is 3.47. The highest BCUT2D eigenvalue weighted by molar-refractivity contribution is 5.41. The van der Waals surface area contributed by atoms with Crippen molar-refractivity contribution in [3.05, 3.63) is 42.0 Å². The van der Waals surface area contributed by atoms with Crippen LogP contribution < -0.4 is 10.1 Å². The van der Waals surface area contributed by atoms with Gasteiger partial charge in [-0.15, -0.1) is 6.58 Å². The summed E-state index contributed by atoms with van der Waals surface area (Å²) >= 11 is 0. The number of hydrogen-bond acceptors (Lipinski definition) is 3. The zero-order valence-corrected chi connectivity index (χ0v) is 13.2. The standard InChI is InChI=1S/C17H27NO2/c1-7-10-18-12(2)16(19)14-11-13(17(3,4)5)8-9-15(14)20-6/h7-9,11-12,16,18-19H,1,10H2,2-6H3. The first-order valence-corrected chi connectivity index (χ1v) is 7.02. The molecule has 0 amide bonds. The topological polar surface area (TPSA) is 41.5 Å². The van der Waals surface area contributed by atoms with Gasteiger partial charge in [0.15, 0.2) is 0 Å². The summed E-state index contributed by atoms with van der Waals surface area (Å²) in [6.07, 6.45) is 1.17. The van der Waals surface area contributed by atoms with Gasteiger partial charge in [0.1, 0.15) is 5.75 Å². The molecular weight excluding hydrogens is 250 g/mol. The number of methoxy groups -OCH3 is 1. The van der Waals surface area contributed by atoms with Crippen molar-refractivity contribution < 1.29 is 9.84 Å². The molecule has 112 valence electrons. The van der Waals surface area contributed by atoms with Gasteiger partial charge in [0.05, 0.1) is 13.2 Å². The summed E-state index contributed by atoms with van der Waals surface area (Å²) in [7, 11) is 1.63. The van der Waals surface area contributed by atoms with Crippen LogP contribution in [0.25, 0.3) is 0 Å². The molecule has 1 rings (SSSR count). The van der Waals surface area contributed by atoms with E-state index in [1.165, 1.54) is 5.56 Å². The first-order chi connectivity index (χ1) is 9.31. The van der Waals surface area contributed by atoms with Crippen molar-refractivity contribution in [3.8, 4) is 5.75 Å². The van der Waals surface area contributed by atoms with Crippen molar-refractivity contribution in [3.63, 3.8) is 0 Å². The zero-order chi connectivity index (χ0) is 15.3. The molecule has 3 nitrogen and oxygen atoms in total. The van der Waals surface area contributed by atoms with Gasteiger partial charge >= 0.3 is 0 Å². The largest absolute Gasteiger partial charge is 0.496 e. The van der Waals surface area contributed by atoms with Gasteiger partial charge < -0.3 is 15.2 Å². The summed E-state index contributed by atoms with van der Waals surface area (Å²) in [5, 5.41) is 13.8. The van der Waals surface area contributed by atoms with Crippen molar-refractivity contribution in [2.24, 2.45) is 0 Å². The first kappa shape index (κ1) is 16.7. The van der Waals surface area contributed by atoms with Crippen molar-refractivity contribution >= 4 is 0 Å². The van der Waals surface area contributed by atoms with E-state index in [-0.39, 0.29) is 11.5 Å². The average molecular weight is 277 g/mol. The van der Waals surface area contributed by atoms with E-state index in [9.17, 15) is 5.11 Å². The van der Waals surface area contributed by atoms with Crippen molar-refractivity contribution in [2.45, 2.75) is 45.3 Å². The van der Waals surface area contributed by atoms with Gasteiger partial charge in [-0.2, -0.15) is 0 Å². The molecule has 0 aliphatic heterocycles. The van der Waals surface area contributed by atoms with Gasteiger partial charge in [0.25, 0.3) is 0 Å². The van der Waals surface area contributed by atoms with Crippen LogP contribution in [0, 0.1) is 0 Å². The van der Waals surface area contributed by atoms with Crippen LogP contribution in [0.4, 0.5) is 0 Å². The predicted molar refractivity (Wildman–Crippen MR) is 84.3 cm³/mol. The Kier molecular flexibility index (Phi) is 5.78. The van der Waals surface area contributed by atoms with Crippen LogP contribution in [-0.4, -0.2) is 24.8 Å². The molecule has 0 aromatic heterocycles. The molecule has 3 heteroatoms. The van der Waals surface area contributed by atoms with Gasteiger partial charge in [-0.05, 0) is 30.0 Å². The Morgan fingerprint density at radius 3 is 2.55 bits per heavy atom. The number of aliphatic hydroxyl groups is 1. The Labute approximate surface area is 122 Å². The number of aliphatic hydroxyl groups excluding tert-OH is 1. The maximum Gasteiger partial charge on any atom is 0.124 e. The smallest absolute Gasteiger partial charge is 0.124 e. The Morgan fingerprint density at radius 1 is 1.40 bits per heavy atom. The molecule has 2 atom stereocenters. The lowest BCUT2D eigenvalue weighted by Gasteiger charge is -2.25. The minimum Gasteiger partial charge on any atom is -0.496 e. The van der Waals surface area contributed by atoms with Crippen LogP contribution in [0.1, 0.15) is 44.9 Å². The summed E-state index contributed by atoms with van der Waals surface area (Å²) in [5.74, 6) is 0.720. The molecule has 0 bridgehead atoms. The summed E-state index contributed by atoms with van der Waals surface area (Å²) in [5.41, 5.74) is 2.05. The molecule has 1 aromatic carbocycles. The molecule has 0 saturated heterocycles. The van der Waals surface area contributed by atoms with Crippen LogP contribution in [0.5, 0.6) is 5.75 Å². The SMILES string of the molecule is C=CCNC(C)C(O)c1cc(C(C)(C)C)ccc1OC. The van der Waals surface area contributed by atoms with E-state index >= 15 is 0 Å². The van der Waals surface area contributed by atoms with Gasteiger partial charge in [0.2, 0.25) is 0 Å². The molecule has 20 heavy (non-hydrogen) atoms. The number of hydrogen-bond donors (Lipinski definition) is 2. The molecule has 0 aliphatic carbocycles. The fourth-order valence-electron chi connectivity index (χ4n) is 2.08. The molecule has 2 N–H and O–H groups in total. The highest BCUT2D eigenvalue weighted by atomic mass is 16.5. The van der Waals surface area contributed by atoms with E-state index in [4.69, 9.17) is 4.74 Å². The first-order valence-electron chi connectivity index (χ1n) is 7.02. The second-order valence-corrected chi connectivity index (χ2v) is 6.14. The minimum absolute atomic E-state index is 0.0402. The Morgan fingerprint density at radius 2 is 2.05 bits per heavy atom. The second-order valence-electron chi connectivity index (χ2n) is 6.14. The lowest BCUT2D eigenvalue weighted by molar-refractivity contribution is 0.134. The van der Waals surface area contributed by atoms with Crippen LogP contribution in [-0.2, 0) is 5.41 Å². The quantitative estimate of drug-likeness (QED) is 0.785. The summed E-state index contributed by atoms with van der Waals surface area (Å²) in [6, 6.07) is 5.95. The third-order valence-corrected chi connectivity index (χ3v) is 3.47. The van der Waals surface area contributed by atoms with E-state index in [1.54, 1.807) is 13.2 Å². The monoisotopic (exact) mass is 277 g/mol. The molecule has 0 saturated carbocycles. The normalized spacial score (nSPS) is 14.7. The number of ether oxygens (including phenoxy) is 1. The minimum atomic E-state index is -0.618. The van der Waals surface area contributed by atoms with Crippen LogP contribution in [0.3, 0.4) is 0 Å². The highest BCUT2D eigenvalue weighted by Gasteiger charge is 2.22. The van der Waals surface area contributed by atoms with Gasteiger partial charge in [-0.3, -0.25) is 0 Å². The van der Waals surface area contributed by atoms with Gasteiger partial charge in [-0.25, -0.2) is 0 Å². The fraction of sp³-hybridized carbons (Fsp3) is 0.529. The molecule has 0 spiro atoms. The van der Waals surface area contributed by atoms with E-state index in [0.717, 1.165) is 11.3 Å². The zero-order valence-electron chi connectivity index (χ0n) is 13.2. The lowest BCUT2D eigenvalue weighted by atomic mass is 9.85. The number of rotatable bonds is 6. The van der Waals surface area contributed by atoms with E-state index in [2.05, 4.69) is 38.7 Å². The summed E-state index contributed by atoms with van der Waals surface area (Å²) in [4.78, 5) is 0. The lowest BCUT2D eigenvalue weighted by Crippen LogP contribution is -2.32. The van der Waals surface area contributed by atoms with Crippen LogP contribution in [0.2, 0.25) is 0 Å². The van der Waals surface area contributed by atoms with Crippen molar-refractivity contribution in [1.29, 1.82) is 0 Å². The van der Waals surface area contributed by atoms with Crippen molar-refractivity contribution in [1.82, 2.24) is 5.32 Å². The number of nitrogens with one attached hydrogen (secondary N) is 1. The summed E-state index contributed by atoms with van der Waals surface area (Å²) < 4.78 is 5.38. The molecular formula is C17H27NO2. The molecule has 0 radical (unpaired) electrons. The predicted octanol–water partition coefficient (Wildman–Crippen LogP) is 3.19. The average Bonchev–Trinajstić information content (AvgIpc) is 2.42. The van der Waals surface area contributed by atoms with Gasteiger partial charge in [-0.1, -0.05) is 32.9 Å². The molecule has 2 unspecified atom stereocenters. The van der Waals surface area contributed by atoms with Gasteiger partial charge in [0, 0.05) is 18.2 Å². The van der Waals surface area contributed by atoms with Crippen LogP contribution in [0.15, 0.2) is 30.9 Å². The highest BCUT2D eigenvalue weighted by Crippen LogP contribution is 2.32. The Bertz CT molecular complexity index is 449. The fourth-order valence-corrected chi connectivity index (χ4v) is 2.08. The third kappa shape index (κ3) is 4.09. The molecule has 0 fully saturated rings. The maximum atomic E-state index is 10.5. The van der Waals surface area contributed by atoms with E-state index in [0.29, 0.717) is 6.54 Å².